The van der Waals surface area contributed by atoms with Gasteiger partial charge in [0.1, 0.15) is 11.1 Å². The van der Waals surface area contributed by atoms with Crippen LogP contribution >= 0.6 is 11.3 Å². The third-order valence-corrected chi connectivity index (χ3v) is 5.48. The summed E-state index contributed by atoms with van der Waals surface area (Å²) in [7, 11) is 0. The van der Waals surface area contributed by atoms with Gasteiger partial charge in [0, 0.05) is 17.6 Å². The van der Waals surface area contributed by atoms with Gasteiger partial charge in [-0.05, 0) is 36.8 Å². The van der Waals surface area contributed by atoms with Gasteiger partial charge in [-0.15, -0.1) is 11.3 Å². The Hall–Kier alpha value is -2.18. The minimum Gasteiger partial charge on any atom is -0.368 e. The van der Waals surface area contributed by atoms with Crippen LogP contribution in [0.5, 0.6) is 0 Å². The van der Waals surface area contributed by atoms with E-state index >= 15 is 0 Å². The average molecular weight is 372 g/mol. The molecule has 5 nitrogen and oxygen atoms in total. The summed E-state index contributed by atoms with van der Waals surface area (Å²) >= 11 is 1.32. The Balaban J connectivity index is 1.82. The summed E-state index contributed by atoms with van der Waals surface area (Å²) in [5.41, 5.74) is 8.93. The number of carbonyl (C=O) groups excluding carboxylic acids is 2. The highest BCUT2D eigenvalue weighted by atomic mass is 32.1. The monoisotopic (exact) mass is 372 g/mol. The number of ether oxygens (including phenoxy) is 1. The van der Waals surface area contributed by atoms with Gasteiger partial charge in [0.25, 0.3) is 11.8 Å². The molecule has 1 saturated heterocycles. The van der Waals surface area contributed by atoms with Crippen molar-refractivity contribution in [3.63, 3.8) is 0 Å². The minimum absolute atomic E-state index is 0.215. The van der Waals surface area contributed by atoms with Crippen LogP contribution in [0.15, 0.2) is 29.6 Å². The fourth-order valence-electron chi connectivity index (χ4n) is 3.12. The summed E-state index contributed by atoms with van der Waals surface area (Å²) in [6.45, 7) is 2.77. The number of hydrogen-bond donors (Lipinski definition) is 2. The standard InChI is InChI=1S/C20H24N2O3S/c1-2-3-5-13-7-9-14(10-8-13)15-12-26-20(17(15)18(21)23)22-19(24)16-6-4-11-25-16/h7-10,12,16H,2-6,11H2,1H3,(H2,21,23)(H,22,24)/t16-/m0/s1. The molecule has 0 saturated carbocycles. The zero-order valence-electron chi connectivity index (χ0n) is 14.9. The van der Waals surface area contributed by atoms with E-state index in [0.29, 0.717) is 23.6 Å². The molecule has 1 aliphatic rings. The number of nitrogens with one attached hydrogen (secondary N) is 1. The predicted octanol–water partition coefficient (Wildman–Crippen LogP) is 3.97. The molecule has 3 rings (SSSR count). The van der Waals surface area contributed by atoms with Crippen LogP contribution in [0.25, 0.3) is 11.1 Å². The van der Waals surface area contributed by atoms with Gasteiger partial charge in [-0.2, -0.15) is 0 Å². The molecule has 138 valence electrons. The maximum Gasteiger partial charge on any atom is 0.254 e. The predicted molar refractivity (Wildman–Crippen MR) is 104 cm³/mol. The number of primary amides is 1. The van der Waals surface area contributed by atoms with Gasteiger partial charge in [0.15, 0.2) is 0 Å². The average Bonchev–Trinajstić information content (AvgIpc) is 3.30. The molecule has 0 aliphatic carbocycles. The molecule has 6 heteroatoms. The van der Waals surface area contributed by atoms with Crippen molar-refractivity contribution in [1.82, 2.24) is 0 Å². The van der Waals surface area contributed by atoms with E-state index in [1.54, 1.807) is 0 Å². The zero-order valence-corrected chi connectivity index (χ0v) is 15.7. The quantitative estimate of drug-likeness (QED) is 0.771. The van der Waals surface area contributed by atoms with Crippen molar-refractivity contribution in [3.8, 4) is 11.1 Å². The molecule has 1 aromatic carbocycles. The molecule has 3 N–H and O–H groups in total. The first-order chi connectivity index (χ1) is 12.6. The molecule has 2 amide bonds. The molecule has 0 unspecified atom stereocenters. The highest BCUT2D eigenvalue weighted by Crippen LogP contribution is 2.36. The van der Waals surface area contributed by atoms with Gasteiger partial charge < -0.3 is 15.8 Å². The van der Waals surface area contributed by atoms with Crippen LogP contribution in [0.2, 0.25) is 0 Å². The van der Waals surface area contributed by atoms with E-state index in [9.17, 15) is 9.59 Å². The van der Waals surface area contributed by atoms with Crippen LogP contribution < -0.4 is 11.1 Å². The van der Waals surface area contributed by atoms with Crippen molar-refractivity contribution in [3.05, 3.63) is 40.8 Å². The molecule has 2 aromatic rings. The molecule has 0 spiro atoms. The zero-order chi connectivity index (χ0) is 18.5. The van der Waals surface area contributed by atoms with Crippen molar-refractivity contribution < 1.29 is 14.3 Å². The van der Waals surface area contributed by atoms with Crippen LogP contribution in [0.3, 0.4) is 0 Å². The number of hydrogen-bond acceptors (Lipinski definition) is 4. The number of amides is 2. The van der Waals surface area contributed by atoms with Gasteiger partial charge in [-0.3, -0.25) is 9.59 Å². The Labute approximate surface area is 157 Å². The molecule has 1 atom stereocenters. The fraction of sp³-hybridized carbons (Fsp3) is 0.400. The third-order valence-electron chi connectivity index (χ3n) is 4.58. The summed E-state index contributed by atoms with van der Waals surface area (Å²) in [5.74, 6) is -0.757. The van der Waals surface area contributed by atoms with Crippen molar-refractivity contribution in [2.24, 2.45) is 5.73 Å². The van der Waals surface area contributed by atoms with Crippen LogP contribution in [-0.2, 0) is 16.0 Å². The van der Waals surface area contributed by atoms with E-state index in [1.165, 1.54) is 16.9 Å². The molecule has 0 radical (unpaired) electrons. The lowest BCUT2D eigenvalue weighted by molar-refractivity contribution is -0.124. The Morgan fingerprint density at radius 3 is 2.69 bits per heavy atom. The van der Waals surface area contributed by atoms with Crippen molar-refractivity contribution in [1.29, 1.82) is 0 Å². The lowest BCUT2D eigenvalue weighted by Crippen LogP contribution is -2.27. The van der Waals surface area contributed by atoms with Gasteiger partial charge >= 0.3 is 0 Å². The van der Waals surface area contributed by atoms with Crippen LogP contribution in [0, 0.1) is 0 Å². The van der Waals surface area contributed by atoms with E-state index in [1.807, 2.05) is 17.5 Å². The van der Waals surface area contributed by atoms with Crippen LogP contribution in [0.4, 0.5) is 5.00 Å². The summed E-state index contributed by atoms with van der Waals surface area (Å²) in [6.07, 6.45) is 4.50. The van der Waals surface area contributed by atoms with E-state index in [2.05, 4.69) is 24.4 Å². The maximum absolute atomic E-state index is 12.3. The smallest absolute Gasteiger partial charge is 0.254 e. The summed E-state index contributed by atoms with van der Waals surface area (Å²) in [4.78, 5) is 24.3. The van der Waals surface area contributed by atoms with E-state index in [4.69, 9.17) is 10.5 Å². The number of rotatable bonds is 7. The molecular formula is C20H24N2O3S. The number of aryl methyl sites for hydroxylation is 1. The Kier molecular flexibility index (Phi) is 6.06. The largest absolute Gasteiger partial charge is 0.368 e. The maximum atomic E-state index is 12.3. The van der Waals surface area contributed by atoms with E-state index in [0.717, 1.165) is 36.8 Å². The first kappa shape index (κ1) is 18.6. The van der Waals surface area contributed by atoms with E-state index in [-0.39, 0.29) is 5.91 Å². The summed E-state index contributed by atoms with van der Waals surface area (Å²) in [5, 5.41) is 5.17. The Morgan fingerprint density at radius 1 is 1.31 bits per heavy atom. The van der Waals surface area contributed by atoms with Gasteiger partial charge in [-0.25, -0.2) is 0 Å². The van der Waals surface area contributed by atoms with Crippen LogP contribution in [0.1, 0.15) is 48.5 Å². The number of thiophene rings is 1. The highest BCUT2D eigenvalue weighted by molar-refractivity contribution is 7.15. The number of nitrogens with two attached hydrogens (primary N) is 1. The lowest BCUT2D eigenvalue weighted by atomic mass is 10.0. The number of unbranched alkanes of at least 4 members (excludes halogenated alkanes) is 1. The molecule has 2 heterocycles. The molecule has 1 fully saturated rings. The molecule has 1 aliphatic heterocycles. The Morgan fingerprint density at radius 2 is 2.08 bits per heavy atom. The molecular weight excluding hydrogens is 348 g/mol. The second-order valence-electron chi connectivity index (χ2n) is 6.51. The number of anilines is 1. The van der Waals surface area contributed by atoms with Crippen molar-refractivity contribution in [2.75, 3.05) is 11.9 Å². The normalized spacial score (nSPS) is 16.6. The number of benzene rings is 1. The third kappa shape index (κ3) is 4.14. The molecule has 0 bridgehead atoms. The first-order valence-corrected chi connectivity index (χ1v) is 9.91. The number of carbonyl (C=O) groups is 2. The van der Waals surface area contributed by atoms with Gasteiger partial charge in [0.05, 0.1) is 5.56 Å². The van der Waals surface area contributed by atoms with Crippen LogP contribution in [-0.4, -0.2) is 24.5 Å². The highest BCUT2D eigenvalue weighted by Gasteiger charge is 2.26. The Bertz CT molecular complexity index is 777. The SMILES string of the molecule is CCCCc1ccc(-c2csc(NC(=O)[C@@H]3CCCO3)c2C(N)=O)cc1. The van der Waals surface area contributed by atoms with E-state index < -0.39 is 12.0 Å². The summed E-state index contributed by atoms with van der Waals surface area (Å²) < 4.78 is 5.40. The lowest BCUT2D eigenvalue weighted by Gasteiger charge is -2.10. The second-order valence-corrected chi connectivity index (χ2v) is 7.39. The minimum atomic E-state index is -0.543. The van der Waals surface area contributed by atoms with Crippen molar-refractivity contribution in [2.45, 2.75) is 45.1 Å². The second kappa shape index (κ2) is 8.47. The molecule has 26 heavy (non-hydrogen) atoms. The molecule has 1 aromatic heterocycles. The topological polar surface area (TPSA) is 81.4 Å². The van der Waals surface area contributed by atoms with Gasteiger partial charge in [-0.1, -0.05) is 37.6 Å². The van der Waals surface area contributed by atoms with Gasteiger partial charge in [0.2, 0.25) is 0 Å². The summed E-state index contributed by atoms with van der Waals surface area (Å²) in [6, 6.07) is 8.17. The van der Waals surface area contributed by atoms with Crippen molar-refractivity contribution >= 4 is 28.2 Å². The fourth-order valence-corrected chi connectivity index (χ4v) is 4.09. The first-order valence-electron chi connectivity index (χ1n) is 9.03.